The van der Waals surface area contributed by atoms with Crippen LogP contribution in [0.15, 0.2) is 22.7 Å². The van der Waals surface area contributed by atoms with Crippen molar-refractivity contribution in [2.45, 2.75) is 26.8 Å². The van der Waals surface area contributed by atoms with Gasteiger partial charge in [-0.2, -0.15) is 0 Å². The summed E-state index contributed by atoms with van der Waals surface area (Å²) < 4.78 is 5.95. The molecule has 1 atom stereocenters. The second-order valence-corrected chi connectivity index (χ2v) is 6.96. The summed E-state index contributed by atoms with van der Waals surface area (Å²) in [5.74, 6) is 0.361. The Morgan fingerprint density at radius 1 is 1.33 bits per heavy atom. The number of amides is 2. The molecule has 1 fully saturated rings. The predicted octanol–water partition coefficient (Wildman–Crippen LogP) is 2.34. The zero-order chi connectivity index (χ0) is 15.8. The molecule has 2 rings (SSSR count). The Bertz CT molecular complexity index is 581. The number of methoxy groups -OCH3 is 1. The highest BCUT2D eigenvalue weighted by Crippen LogP contribution is 2.33. The molecule has 6 heteroatoms. The van der Waals surface area contributed by atoms with Gasteiger partial charge in [0, 0.05) is 10.5 Å². The molecule has 1 unspecified atom stereocenters. The van der Waals surface area contributed by atoms with Gasteiger partial charge in [0.25, 0.3) is 5.91 Å². The third kappa shape index (κ3) is 3.20. The molecule has 1 aromatic carbocycles. The van der Waals surface area contributed by atoms with Crippen molar-refractivity contribution in [3.8, 4) is 5.75 Å². The Morgan fingerprint density at radius 3 is 2.57 bits per heavy atom. The first-order valence-corrected chi connectivity index (χ1v) is 7.47. The van der Waals surface area contributed by atoms with Crippen molar-refractivity contribution in [1.29, 1.82) is 0 Å². The van der Waals surface area contributed by atoms with Crippen LogP contribution in [0, 0.1) is 5.41 Å². The Morgan fingerprint density at radius 2 is 2.00 bits per heavy atom. The first-order chi connectivity index (χ1) is 9.74. The van der Waals surface area contributed by atoms with E-state index in [1.165, 1.54) is 4.90 Å². The molecule has 21 heavy (non-hydrogen) atoms. The van der Waals surface area contributed by atoms with Crippen molar-refractivity contribution in [1.82, 2.24) is 5.32 Å². The van der Waals surface area contributed by atoms with Crippen molar-refractivity contribution in [3.05, 3.63) is 22.7 Å². The summed E-state index contributed by atoms with van der Waals surface area (Å²) >= 11 is 3.43. The summed E-state index contributed by atoms with van der Waals surface area (Å²) in [6.45, 7) is 5.80. The van der Waals surface area contributed by atoms with Gasteiger partial charge in [-0.15, -0.1) is 0 Å². The molecule has 0 radical (unpaired) electrons. The topological polar surface area (TPSA) is 58.6 Å². The first-order valence-electron chi connectivity index (χ1n) is 6.68. The molecule has 0 saturated carbocycles. The molecule has 0 aromatic heterocycles. The first kappa shape index (κ1) is 15.8. The number of piperazine rings is 1. The Hall–Kier alpha value is -1.56. The molecule has 0 spiro atoms. The smallest absolute Gasteiger partial charge is 0.250 e. The monoisotopic (exact) mass is 354 g/mol. The molecule has 1 saturated heterocycles. The van der Waals surface area contributed by atoms with Crippen molar-refractivity contribution < 1.29 is 14.3 Å². The van der Waals surface area contributed by atoms with E-state index in [-0.39, 0.29) is 23.8 Å². The van der Waals surface area contributed by atoms with Crippen LogP contribution in [0.2, 0.25) is 0 Å². The number of halogens is 1. The SMILES string of the molecule is COc1ccc(Br)c(N2CC(=O)NC(C(C)(C)C)C2=O)c1. The summed E-state index contributed by atoms with van der Waals surface area (Å²) in [4.78, 5) is 26.2. The van der Waals surface area contributed by atoms with Crippen LogP contribution in [0.4, 0.5) is 5.69 Å². The number of carbonyl (C=O) groups excluding carboxylic acids is 2. The van der Waals surface area contributed by atoms with Crippen LogP contribution in [0.5, 0.6) is 5.75 Å². The molecule has 0 bridgehead atoms. The van der Waals surface area contributed by atoms with Crippen molar-refractivity contribution >= 4 is 33.4 Å². The van der Waals surface area contributed by atoms with Crippen molar-refractivity contribution in [2.24, 2.45) is 5.41 Å². The van der Waals surface area contributed by atoms with Crippen molar-refractivity contribution in [2.75, 3.05) is 18.6 Å². The van der Waals surface area contributed by atoms with E-state index < -0.39 is 6.04 Å². The highest BCUT2D eigenvalue weighted by atomic mass is 79.9. The number of nitrogens with zero attached hydrogens (tertiary/aromatic N) is 1. The molecule has 1 aliphatic rings. The average molecular weight is 355 g/mol. The van der Waals surface area contributed by atoms with Gasteiger partial charge in [0.2, 0.25) is 5.91 Å². The molecule has 1 heterocycles. The van der Waals surface area contributed by atoms with E-state index in [9.17, 15) is 9.59 Å². The summed E-state index contributed by atoms with van der Waals surface area (Å²) in [6.07, 6.45) is 0. The minimum absolute atomic E-state index is 0.0111. The third-order valence-electron chi connectivity index (χ3n) is 3.43. The van der Waals surface area contributed by atoms with E-state index in [4.69, 9.17) is 4.74 Å². The molecule has 1 aliphatic heterocycles. The molecule has 5 nitrogen and oxygen atoms in total. The van der Waals surface area contributed by atoms with Crippen LogP contribution in [0.3, 0.4) is 0 Å². The zero-order valence-electron chi connectivity index (χ0n) is 12.6. The fourth-order valence-electron chi connectivity index (χ4n) is 2.26. The maximum Gasteiger partial charge on any atom is 0.250 e. The lowest BCUT2D eigenvalue weighted by molar-refractivity contribution is -0.133. The van der Waals surface area contributed by atoms with Crippen molar-refractivity contribution in [3.63, 3.8) is 0 Å². The van der Waals surface area contributed by atoms with E-state index in [1.54, 1.807) is 25.3 Å². The number of nitrogens with one attached hydrogen (secondary N) is 1. The van der Waals surface area contributed by atoms with Gasteiger partial charge in [0.1, 0.15) is 18.3 Å². The number of anilines is 1. The van der Waals surface area contributed by atoms with Crippen LogP contribution < -0.4 is 15.0 Å². The lowest BCUT2D eigenvalue weighted by Crippen LogP contribution is -2.62. The quantitative estimate of drug-likeness (QED) is 0.886. The van der Waals surface area contributed by atoms with Gasteiger partial charge in [-0.05, 0) is 33.5 Å². The van der Waals surface area contributed by atoms with Gasteiger partial charge in [0.15, 0.2) is 0 Å². The molecule has 1 N–H and O–H groups in total. The van der Waals surface area contributed by atoms with Crippen LogP contribution in [0.25, 0.3) is 0 Å². The Kier molecular flexibility index (Phi) is 4.27. The molecule has 1 aromatic rings. The fraction of sp³-hybridized carbons (Fsp3) is 0.467. The van der Waals surface area contributed by atoms with Gasteiger partial charge in [0.05, 0.1) is 12.8 Å². The molecule has 2 amide bonds. The Labute approximate surface area is 132 Å². The normalized spacial score (nSPS) is 19.5. The highest BCUT2D eigenvalue weighted by molar-refractivity contribution is 9.10. The van der Waals surface area contributed by atoms with E-state index in [1.807, 2.05) is 20.8 Å². The van der Waals surface area contributed by atoms with E-state index >= 15 is 0 Å². The number of rotatable bonds is 2. The summed E-state index contributed by atoms with van der Waals surface area (Å²) in [5, 5.41) is 2.78. The van der Waals surface area contributed by atoms with Crippen LogP contribution in [0.1, 0.15) is 20.8 Å². The summed E-state index contributed by atoms with van der Waals surface area (Å²) in [6, 6.07) is 4.81. The van der Waals surface area contributed by atoms with Gasteiger partial charge < -0.3 is 10.1 Å². The molecule has 0 aliphatic carbocycles. The number of carbonyl (C=O) groups is 2. The van der Waals surface area contributed by atoms with E-state index in [0.717, 1.165) is 4.47 Å². The number of ether oxygens (including phenoxy) is 1. The van der Waals surface area contributed by atoms with Crippen LogP contribution >= 0.6 is 15.9 Å². The largest absolute Gasteiger partial charge is 0.497 e. The Balaban J connectivity index is 2.43. The number of hydrogen-bond acceptors (Lipinski definition) is 3. The number of benzene rings is 1. The van der Waals surface area contributed by atoms with Gasteiger partial charge in [-0.25, -0.2) is 0 Å². The number of hydrogen-bond donors (Lipinski definition) is 1. The van der Waals surface area contributed by atoms with Gasteiger partial charge in [-0.3, -0.25) is 14.5 Å². The average Bonchev–Trinajstić information content (AvgIpc) is 2.40. The van der Waals surface area contributed by atoms with Gasteiger partial charge >= 0.3 is 0 Å². The minimum atomic E-state index is -0.545. The van der Waals surface area contributed by atoms with Crippen LogP contribution in [-0.4, -0.2) is 31.5 Å². The highest BCUT2D eigenvalue weighted by Gasteiger charge is 2.41. The lowest BCUT2D eigenvalue weighted by atomic mass is 9.84. The predicted molar refractivity (Wildman–Crippen MR) is 84.4 cm³/mol. The standard InChI is InChI=1S/C15H19BrN2O3/c1-15(2,3)13-14(20)18(8-12(19)17-13)11-7-9(21-4)5-6-10(11)16/h5-7,13H,8H2,1-4H3,(H,17,19). The van der Waals surface area contributed by atoms with Gasteiger partial charge in [-0.1, -0.05) is 20.8 Å². The summed E-state index contributed by atoms with van der Waals surface area (Å²) in [7, 11) is 1.57. The second-order valence-electron chi connectivity index (χ2n) is 6.11. The van der Waals surface area contributed by atoms with Crippen LogP contribution in [-0.2, 0) is 9.59 Å². The molecular formula is C15H19BrN2O3. The third-order valence-corrected chi connectivity index (χ3v) is 4.10. The molecule has 114 valence electrons. The maximum absolute atomic E-state index is 12.7. The lowest BCUT2D eigenvalue weighted by Gasteiger charge is -2.39. The minimum Gasteiger partial charge on any atom is -0.497 e. The molecular weight excluding hydrogens is 336 g/mol. The zero-order valence-corrected chi connectivity index (χ0v) is 14.2. The van der Waals surface area contributed by atoms with E-state index in [2.05, 4.69) is 21.2 Å². The fourth-order valence-corrected chi connectivity index (χ4v) is 2.72. The maximum atomic E-state index is 12.7. The second kappa shape index (κ2) is 5.67. The van der Waals surface area contributed by atoms with E-state index in [0.29, 0.717) is 11.4 Å². The summed E-state index contributed by atoms with van der Waals surface area (Å²) in [5.41, 5.74) is 0.292.